The molecule has 0 N–H and O–H groups in total. The molecule has 4 nitrogen and oxygen atoms in total. The van der Waals surface area contributed by atoms with Gasteiger partial charge in [-0.25, -0.2) is 0 Å². The van der Waals surface area contributed by atoms with E-state index in [0.29, 0.717) is 36.0 Å². The van der Waals surface area contributed by atoms with E-state index in [4.69, 9.17) is 14.2 Å². The molecule has 0 aliphatic carbocycles. The lowest BCUT2D eigenvalue weighted by molar-refractivity contribution is 0.211. The highest BCUT2D eigenvalue weighted by Gasteiger charge is 2.08. The topological polar surface area (TPSA) is 51.5 Å². The second kappa shape index (κ2) is 7.38. The second-order valence-corrected chi connectivity index (χ2v) is 5.12. The Morgan fingerprint density at radius 3 is 2.21 bits per heavy atom. The maximum absolute atomic E-state index is 9.44. The van der Waals surface area contributed by atoms with Crippen molar-refractivity contribution in [1.82, 2.24) is 0 Å². The summed E-state index contributed by atoms with van der Waals surface area (Å²) in [6.45, 7) is 0.698. The number of benzene rings is 3. The van der Waals surface area contributed by atoms with Crippen LogP contribution in [0.4, 0.5) is 0 Å². The molecule has 0 fully saturated rings. The van der Waals surface area contributed by atoms with E-state index in [9.17, 15) is 5.26 Å². The van der Waals surface area contributed by atoms with Gasteiger partial charge in [-0.1, -0.05) is 42.5 Å². The molecule has 3 rings (SSSR count). The third-order valence-electron chi connectivity index (χ3n) is 3.67. The minimum absolute atomic E-state index is 0.338. The molecular weight excluding hydrogens is 302 g/mol. The first-order valence-corrected chi connectivity index (χ1v) is 7.64. The molecule has 0 aliphatic heterocycles. The number of methoxy groups -OCH3 is 1. The largest absolute Gasteiger partial charge is 0.493 e. The molecule has 4 heteroatoms. The van der Waals surface area contributed by atoms with Gasteiger partial charge < -0.3 is 14.2 Å². The van der Waals surface area contributed by atoms with E-state index in [1.165, 1.54) is 0 Å². The summed E-state index contributed by atoms with van der Waals surface area (Å²) >= 11 is 0. The van der Waals surface area contributed by atoms with Crippen LogP contribution in [0.25, 0.3) is 10.8 Å². The van der Waals surface area contributed by atoms with Gasteiger partial charge in [-0.05, 0) is 23.6 Å². The average Bonchev–Trinajstić information content (AvgIpc) is 2.65. The first-order chi connectivity index (χ1) is 11.8. The Hall–Kier alpha value is -3.19. The number of rotatable bonds is 6. The molecule has 0 spiro atoms. The Kier molecular flexibility index (Phi) is 4.83. The summed E-state index contributed by atoms with van der Waals surface area (Å²) in [5, 5.41) is 11.4. The van der Waals surface area contributed by atoms with Crippen molar-refractivity contribution in [1.29, 1.82) is 5.26 Å². The van der Waals surface area contributed by atoms with Gasteiger partial charge in [-0.15, -0.1) is 0 Å². The van der Waals surface area contributed by atoms with Gasteiger partial charge in [0.15, 0.2) is 11.5 Å². The number of hydrogen-bond acceptors (Lipinski definition) is 4. The van der Waals surface area contributed by atoms with Crippen molar-refractivity contribution in [3.63, 3.8) is 0 Å². The highest BCUT2D eigenvalue weighted by molar-refractivity contribution is 5.90. The van der Waals surface area contributed by atoms with E-state index in [2.05, 4.69) is 6.07 Å². The number of nitrogens with zero attached hydrogens (tertiary/aromatic N) is 1. The van der Waals surface area contributed by atoms with E-state index >= 15 is 0 Å². The first kappa shape index (κ1) is 15.7. The summed E-state index contributed by atoms with van der Waals surface area (Å²) in [4.78, 5) is 0. The maximum Gasteiger partial charge on any atom is 0.161 e. The normalized spacial score (nSPS) is 10.2. The van der Waals surface area contributed by atoms with Crippen LogP contribution in [0.2, 0.25) is 0 Å². The highest BCUT2D eigenvalue weighted by Crippen LogP contribution is 2.28. The average molecular weight is 319 g/mol. The van der Waals surface area contributed by atoms with Crippen LogP contribution in [0.1, 0.15) is 5.56 Å². The minimum atomic E-state index is 0.338. The standard InChI is InChI=1S/C20H17NO3/c1-22-19-8-4-5-9-20(19)24-13-12-23-18-11-10-15-6-2-3-7-16(15)17(18)14-21/h2-11H,12-13H2,1H3. The molecule has 3 aromatic rings. The van der Waals surface area contributed by atoms with E-state index in [1.807, 2.05) is 60.7 Å². The molecule has 0 aromatic heterocycles. The van der Waals surface area contributed by atoms with Crippen LogP contribution in [0, 0.1) is 11.3 Å². The lowest BCUT2D eigenvalue weighted by atomic mass is 10.0. The summed E-state index contributed by atoms with van der Waals surface area (Å²) < 4.78 is 16.7. The van der Waals surface area contributed by atoms with E-state index in [1.54, 1.807) is 7.11 Å². The van der Waals surface area contributed by atoms with Crippen molar-refractivity contribution in [3.05, 3.63) is 66.2 Å². The fraction of sp³-hybridized carbons (Fsp3) is 0.150. The maximum atomic E-state index is 9.44. The number of hydrogen-bond donors (Lipinski definition) is 0. The molecule has 0 bridgehead atoms. The zero-order valence-corrected chi connectivity index (χ0v) is 13.4. The Morgan fingerprint density at radius 2 is 1.46 bits per heavy atom. The molecular formula is C20H17NO3. The molecule has 0 unspecified atom stereocenters. The third kappa shape index (κ3) is 3.26. The fourth-order valence-electron chi connectivity index (χ4n) is 2.53. The summed E-state index contributed by atoms with van der Waals surface area (Å²) in [7, 11) is 1.60. The molecule has 120 valence electrons. The lowest BCUT2D eigenvalue weighted by Crippen LogP contribution is -2.10. The summed E-state index contributed by atoms with van der Waals surface area (Å²) in [5.41, 5.74) is 0.547. The van der Waals surface area contributed by atoms with E-state index < -0.39 is 0 Å². The summed E-state index contributed by atoms with van der Waals surface area (Å²) in [6.07, 6.45) is 0. The van der Waals surface area contributed by atoms with Crippen LogP contribution in [-0.2, 0) is 0 Å². The SMILES string of the molecule is COc1ccccc1OCCOc1ccc2ccccc2c1C#N. The van der Waals surface area contributed by atoms with Crippen LogP contribution in [-0.4, -0.2) is 20.3 Å². The van der Waals surface area contributed by atoms with Gasteiger partial charge in [-0.3, -0.25) is 0 Å². The predicted octanol–water partition coefficient (Wildman–Crippen LogP) is 4.18. The zero-order valence-electron chi connectivity index (χ0n) is 13.4. The molecule has 0 atom stereocenters. The number of ether oxygens (including phenoxy) is 3. The molecule has 0 saturated heterocycles. The quantitative estimate of drug-likeness (QED) is 0.640. The van der Waals surface area contributed by atoms with Crippen molar-refractivity contribution in [3.8, 4) is 23.3 Å². The van der Waals surface area contributed by atoms with Gasteiger partial charge in [0, 0.05) is 5.39 Å². The monoisotopic (exact) mass is 319 g/mol. The smallest absolute Gasteiger partial charge is 0.161 e. The van der Waals surface area contributed by atoms with Gasteiger partial charge in [0.2, 0.25) is 0 Å². The second-order valence-electron chi connectivity index (χ2n) is 5.12. The molecule has 0 radical (unpaired) electrons. The molecule has 3 aromatic carbocycles. The minimum Gasteiger partial charge on any atom is -0.493 e. The highest BCUT2D eigenvalue weighted by atomic mass is 16.5. The van der Waals surface area contributed by atoms with Gasteiger partial charge in [0.1, 0.15) is 30.6 Å². The van der Waals surface area contributed by atoms with Crippen LogP contribution < -0.4 is 14.2 Å². The van der Waals surface area contributed by atoms with Crippen LogP contribution >= 0.6 is 0 Å². The van der Waals surface area contributed by atoms with Crippen molar-refractivity contribution in [2.24, 2.45) is 0 Å². The molecule has 0 amide bonds. The molecule has 0 saturated carbocycles. The van der Waals surface area contributed by atoms with Crippen molar-refractivity contribution < 1.29 is 14.2 Å². The van der Waals surface area contributed by atoms with Crippen molar-refractivity contribution >= 4 is 10.8 Å². The summed E-state index contributed by atoms with van der Waals surface area (Å²) in [5.74, 6) is 1.92. The molecule has 24 heavy (non-hydrogen) atoms. The fourth-order valence-corrected chi connectivity index (χ4v) is 2.53. The zero-order chi connectivity index (χ0) is 16.8. The van der Waals surface area contributed by atoms with Gasteiger partial charge in [0.25, 0.3) is 0 Å². The van der Waals surface area contributed by atoms with Crippen LogP contribution in [0.3, 0.4) is 0 Å². The van der Waals surface area contributed by atoms with Crippen LogP contribution in [0.5, 0.6) is 17.2 Å². The third-order valence-corrected chi connectivity index (χ3v) is 3.67. The van der Waals surface area contributed by atoms with Crippen LogP contribution in [0.15, 0.2) is 60.7 Å². The van der Waals surface area contributed by atoms with Gasteiger partial charge >= 0.3 is 0 Å². The Bertz CT molecular complexity index is 883. The van der Waals surface area contributed by atoms with Gasteiger partial charge in [0.05, 0.1) is 7.11 Å². The Labute approximate surface area is 140 Å². The Morgan fingerprint density at radius 1 is 0.792 bits per heavy atom. The van der Waals surface area contributed by atoms with Gasteiger partial charge in [-0.2, -0.15) is 5.26 Å². The number of fused-ring (bicyclic) bond motifs is 1. The Balaban J connectivity index is 1.67. The number of nitriles is 1. The molecule has 0 heterocycles. The van der Waals surface area contributed by atoms with Crippen molar-refractivity contribution in [2.75, 3.05) is 20.3 Å². The lowest BCUT2D eigenvalue weighted by Gasteiger charge is -2.12. The van der Waals surface area contributed by atoms with E-state index in [-0.39, 0.29) is 0 Å². The predicted molar refractivity (Wildman–Crippen MR) is 92.6 cm³/mol. The number of para-hydroxylation sites is 2. The molecule has 0 aliphatic rings. The van der Waals surface area contributed by atoms with E-state index in [0.717, 1.165) is 10.8 Å². The first-order valence-electron chi connectivity index (χ1n) is 7.64. The van der Waals surface area contributed by atoms with Crippen molar-refractivity contribution in [2.45, 2.75) is 0 Å². The summed E-state index contributed by atoms with van der Waals surface area (Å²) in [6, 6.07) is 21.2.